The van der Waals surface area contributed by atoms with Crippen molar-refractivity contribution in [2.45, 2.75) is 44.6 Å². The van der Waals surface area contributed by atoms with E-state index in [1.165, 1.54) is 0 Å². The zero-order valence-electron chi connectivity index (χ0n) is 13.0. The van der Waals surface area contributed by atoms with E-state index in [-0.39, 0.29) is 6.04 Å². The van der Waals surface area contributed by atoms with Crippen molar-refractivity contribution in [3.63, 3.8) is 0 Å². The minimum absolute atomic E-state index is 0.162. The van der Waals surface area contributed by atoms with Gasteiger partial charge in [0, 0.05) is 26.2 Å². The summed E-state index contributed by atoms with van der Waals surface area (Å²) in [6, 6.07) is 0.162. The van der Waals surface area contributed by atoms with Gasteiger partial charge in [-0.15, -0.1) is 0 Å². The minimum Gasteiger partial charge on any atom is -0.383 e. The number of hydrogen-bond donors (Lipinski definition) is 2. The zero-order valence-corrected chi connectivity index (χ0v) is 13.8. The maximum absolute atomic E-state index is 12.6. The highest BCUT2D eigenvalue weighted by molar-refractivity contribution is 7.87. The smallest absolute Gasteiger partial charge is 0.279 e. The molecule has 2 rings (SSSR count). The van der Waals surface area contributed by atoms with Crippen LogP contribution in [0.3, 0.4) is 0 Å². The molecule has 0 aromatic rings. The van der Waals surface area contributed by atoms with Crippen LogP contribution < -0.4 is 10.0 Å². The minimum atomic E-state index is -3.39. The van der Waals surface area contributed by atoms with E-state index in [1.54, 1.807) is 11.4 Å². The van der Waals surface area contributed by atoms with Gasteiger partial charge in [-0.05, 0) is 44.7 Å². The first kappa shape index (κ1) is 17.1. The normalized spacial score (nSPS) is 26.6. The van der Waals surface area contributed by atoms with Crippen molar-refractivity contribution >= 4 is 10.2 Å². The number of hydrogen-bond acceptors (Lipinski definition) is 4. The molecule has 21 heavy (non-hydrogen) atoms. The van der Waals surface area contributed by atoms with Gasteiger partial charge in [0.2, 0.25) is 0 Å². The highest BCUT2D eigenvalue weighted by Gasteiger charge is 2.36. The van der Waals surface area contributed by atoms with Gasteiger partial charge in [-0.2, -0.15) is 17.4 Å². The number of ether oxygens (including phenoxy) is 1. The zero-order chi connectivity index (χ0) is 15.1. The van der Waals surface area contributed by atoms with Gasteiger partial charge in [-0.3, -0.25) is 0 Å². The molecule has 7 heteroatoms. The fourth-order valence-corrected chi connectivity index (χ4v) is 4.97. The van der Waals surface area contributed by atoms with Crippen LogP contribution in [-0.4, -0.2) is 58.7 Å². The third-order valence-electron chi connectivity index (χ3n) is 4.58. The largest absolute Gasteiger partial charge is 0.383 e. The molecule has 2 fully saturated rings. The molecule has 2 aliphatic rings. The Hall–Kier alpha value is -0.210. The molecule has 6 nitrogen and oxygen atoms in total. The molecule has 0 bridgehead atoms. The Bertz CT molecular complexity index is 396. The number of nitrogens with one attached hydrogen (secondary N) is 2. The van der Waals surface area contributed by atoms with Crippen molar-refractivity contribution < 1.29 is 13.2 Å². The molecule has 0 amide bonds. The molecular formula is C14H29N3O3S. The lowest BCUT2D eigenvalue weighted by atomic mass is 9.88. The first-order chi connectivity index (χ1) is 10.1. The number of piperidine rings is 1. The van der Waals surface area contributed by atoms with Gasteiger partial charge in [0.1, 0.15) is 0 Å². The summed E-state index contributed by atoms with van der Waals surface area (Å²) in [6.07, 6.45) is 6.39. The highest BCUT2D eigenvalue weighted by Crippen LogP contribution is 2.29. The molecular weight excluding hydrogens is 290 g/mol. The summed E-state index contributed by atoms with van der Waals surface area (Å²) < 4.78 is 34.6. The van der Waals surface area contributed by atoms with Crippen LogP contribution in [0.2, 0.25) is 0 Å². The van der Waals surface area contributed by atoms with Crippen LogP contribution in [0.25, 0.3) is 0 Å². The maximum atomic E-state index is 12.6. The lowest BCUT2D eigenvalue weighted by Crippen LogP contribution is -2.51. The Morgan fingerprint density at radius 3 is 2.67 bits per heavy atom. The van der Waals surface area contributed by atoms with E-state index in [2.05, 4.69) is 10.0 Å². The summed E-state index contributed by atoms with van der Waals surface area (Å²) in [5.74, 6) is 0.489. The van der Waals surface area contributed by atoms with E-state index in [4.69, 9.17) is 4.74 Å². The average molecular weight is 319 g/mol. The molecule has 2 aliphatic heterocycles. The van der Waals surface area contributed by atoms with Gasteiger partial charge >= 0.3 is 0 Å². The number of methoxy groups -OCH3 is 1. The first-order valence-electron chi connectivity index (χ1n) is 8.11. The standard InChI is InChI=1S/C14H29N3O3S/c1-20-12-10-16-21(18,19)17-11-4-2-3-5-14(17)13-6-8-15-9-7-13/h13-16H,2-12H2,1H3. The average Bonchev–Trinajstić information content (AvgIpc) is 2.74. The molecule has 2 N–H and O–H groups in total. The second kappa shape index (κ2) is 8.43. The van der Waals surface area contributed by atoms with Gasteiger partial charge in [0.05, 0.1) is 6.61 Å². The van der Waals surface area contributed by atoms with Crippen molar-refractivity contribution in [1.29, 1.82) is 0 Å². The Kier molecular flexibility index (Phi) is 6.88. The third kappa shape index (κ3) is 4.89. The third-order valence-corrected chi connectivity index (χ3v) is 6.22. The predicted molar refractivity (Wildman–Crippen MR) is 83.4 cm³/mol. The molecule has 2 saturated heterocycles. The van der Waals surface area contributed by atoms with Crippen molar-refractivity contribution in [3.05, 3.63) is 0 Å². The van der Waals surface area contributed by atoms with Crippen LogP contribution in [0.15, 0.2) is 0 Å². The molecule has 1 atom stereocenters. The Morgan fingerprint density at radius 2 is 1.95 bits per heavy atom. The van der Waals surface area contributed by atoms with E-state index in [9.17, 15) is 8.42 Å². The Labute approximate surface area is 128 Å². The van der Waals surface area contributed by atoms with Crippen LogP contribution >= 0.6 is 0 Å². The second-order valence-electron chi connectivity index (χ2n) is 6.01. The van der Waals surface area contributed by atoms with Gasteiger partial charge in [0.25, 0.3) is 10.2 Å². The van der Waals surface area contributed by atoms with Crippen molar-refractivity contribution in [3.8, 4) is 0 Å². The maximum Gasteiger partial charge on any atom is 0.279 e. The van der Waals surface area contributed by atoms with E-state index >= 15 is 0 Å². The van der Waals surface area contributed by atoms with E-state index < -0.39 is 10.2 Å². The number of rotatable bonds is 6. The summed E-state index contributed by atoms with van der Waals surface area (Å²) >= 11 is 0. The number of nitrogens with zero attached hydrogens (tertiary/aromatic N) is 1. The topological polar surface area (TPSA) is 70.7 Å². The summed E-state index contributed by atoms with van der Waals surface area (Å²) in [5, 5.41) is 3.36. The fourth-order valence-electron chi connectivity index (χ4n) is 3.46. The lowest BCUT2D eigenvalue weighted by molar-refractivity contribution is 0.190. The Morgan fingerprint density at radius 1 is 1.19 bits per heavy atom. The van der Waals surface area contributed by atoms with E-state index in [1.807, 2.05) is 0 Å². The Balaban J connectivity index is 2.07. The van der Waals surface area contributed by atoms with Gasteiger partial charge in [0.15, 0.2) is 0 Å². The molecule has 2 heterocycles. The molecule has 1 unspecified atom stereocenters. The molecule has 0 aromatic heterocycles. The molecule has 0 saturated carbocycles. The predicted octanol–water partition coefficient (Wildman–Crippen LogP) is 0.711. The van der Waals surface area contributed by atoms with E-state index in [0.29, 0.717) is 25.6 Å². The van der Waals surface area contributed by atoms with Crippen molar-refractivity contribution in [1.82, 2.24) is 14.3 Å². The van der Waals surface area contributed by atoms with Gasteiger partial charge < -0.3 is 10.1 Å². The van der Waals surface area contributed by atoms with Crippen LogP contribution in [0.1, 0.15) is 38.5 Å². The quantitative estimate of drug-likeness (QED) is 0.708. The second-order valence-corrected chi connectivity index (χ2v) is 7.71. The summed E-state index contributed by atoms with van der Waals surface area (Å²) in [5.41, 5.74) is 0. The molecule has 0 aromatic carbocycles. The SMILES string of the molecule is COCCNS(=O)(=O)N1CCCCCC1C1CCNCC1. The van der Waals surface area contributed by atoms with E-state index in [0.717, 1.165) is 51.6 Å². The lowest BCUT2D eigenvalue weighted by Gasteiger charge is -2.37. The van der Waals surface area contributed by atoms with Crippen LogP contribution in [0.4, 0.5) is 0 Å². The monoisotopic (exact) mass is 319 g/mol. The molecule has 0 radical (unpaired) electrons. The van der Waals surface area contributed by atoms with Gasteiger partial charge in [-0.25, -0.2) is 0 Å². The van der Waals surface area contributed by atoms with Crippen LogP contribution in [0, 0.1) is 5.92 Å². The summed E-state index contributed by atoms with van der Waals surface area (Å²) in [4.78, 5) is 0. The van der Waals surface area contributed by atoms with Crippen molar-refractivity contribution in [2.24, 2.45) is 5.92 Å². The van der Waals surface area contributed by atoms with Crippen molar-refractivity contribution in [2.75, 3.05) is 39.9 Å². The van der Waals surface area contributed by atoms with Gasteiger partial charge in [-0.1, -0.05) is 12.8 Å². The fraction of sp³-hybridized carbons (Fsp3) is 1.00. The highest BCUT2D eigenvalue weighted by atomic mass is 32.2. The molecule has 124 valence electrons. The first-order valence-corrected chi connectivity index (χ1v) is 9.55. The van der Waals surface area contributed by atoms with Crippen LogP contribution in [0.5, 0.6) is 0 Å². The molecule has 0 spiro atoms. The van der Waals surface area contributed by atoms with Crippen LogP contribution in [-0.2, 0) is 14.9 Å². The summed E-state index contributed by atoms with van der Waals surface area (Å²) in [7, 11) is -1.81. The summed E-state index contributed by atoms with van der Waals surface area (Å²) in [6.45, 7) is 3.41. The molecule has 0 aliphatic carbocycles.